The average molecular weight is 317 g/mol. The van der Waals surface area contributed by atoms with Gasteiger partial charge in [-0.25, -0.2) is 9.48 Å². The summed E-state index contributed by atoms with van der Waals surface area (Å²) in [5, 5.41) is 3.82. The summed E-state index contributed by atoms with van der Waals surface area (Å²) in [5.41, 5.74) is -0.233. The number of esters is 1. The molecule has 0 spiro atoms. The van der Waals surface area contributed by atoms with E-state index in [0.29, 0.717) is 17.1 Å². The fourth-order valence-corrected chi connectivity index (χ4v) is 1.91. The lowest BCUT2D eigenvalue weighted by Gasteiger charge is -2.02. The van der Waals surface area contributed by atoms with Crippen LogP contribution in [0.2, 0.25) is 10.0 Å². The van der Waals surface area contributed by atoms with Crippen molar-refractivity contribution in [2.75, 3.05) is 7.11 Å². The molecule has 0 aliphatic carbocycles. The SMILES string of the molecule is COC(=O)c1cc(Cn2ncc(Cl)c(Cl)c2=O)oc1C. The van der Waals surface area contributed by atoms with Crippen LogP contribution in [0.4, 0.5) is 0 Å². The number of nitrogens with zero attached hydrogens (tertiary/aromatic N) is 2. The Hall–Kier alpha value is -1.79. The highest BCUT2D eigenvalue weighted by molar-refractivity contribution is 6.41. The maximum atomic E-state index is 11.8. The van der Waals surface area contributed by atoms with Crippen LogP contribution in [0.3, 0.4) is 0 Å². The number of ether oxygens (including phenoxy) is 1. The summed E-state index contributed by atoms with van der Waals surface area (Å²) in [5.74, 6) is 0.280. The van der Waals surface area contributed by atoms with E-state index in [1.54, 1.807) is 6.92 Å². The Balaban J connectivity index is 2.34. The molecule has 0 radical (unpaired) electrons. The molecule has 20 heavy (non-hydrogen) atoms. The Kier molecular flexibility index (Phi) is 4.15. The van der Waals surface area contributed by atoms with Crippen LogP contribution in [-0.2, 0) is 11.3 Å². The smallest absolute Gasteiger partial charge is 0.341 e. The van der Waals surface area contributed by atoms with Crippen molar-refractivity contribution < 1.29 is 13.9 Å². The van der Waals surface area contributed by atoms with E-state index in [-0.39, 0.29) is 16.6 Å². The molecule has 2 aromatic rings. The van der Waals surface area contributed by atoms with Gasteiger partial charge in [-0.15, -0.1) is 0 Å². The first-order chi connectivity index (χ1) is 9.43. The minimum atomic E-state index is -0.534. The first-order valence-corrected chi connectivity index (χ1v) is 6.28. The maximum absolute atomic E-state index is 11.8. The van der Waals surface area contributed by atoms with Crippen LogP contribution in [0.5, 0.6) is 0 Å². The molecule has 2 rings (SSSR count). The van der Waals surface area contributed by atoms with Crippen molar-refractivity contribution in [3.8, 4) is 0 Å². The Labute approximate surface area is 123 Å². The largest absolute Gasteiger partial charge is 0.465 e. The van der Waals surface area contributed by atoms with Crippen LogP contribution in [-0.4, -0.2) is 22.9 Å². The Bertz CT molecular complexity index is 721. The minimum absolute atomic E-state index is 0.0353. The Morgan fingerprint density at radius 3 is 2.85 bits per heavy atom. The van der Waals surface area contributed by atoms with E-state index in [2.05, 4.69) is 9.84 Å². The summed E-state index contributed by atoms with van der Waals surface area (Å²) >= 11 is 11.4. The fourth-order valence-electron chi connectivity index (χ4n) is 1.64. The highest BCUT2D eigenvalue weighted by atomic mass is 35.5. The second-order valence-electron chi connectivity index (χ2n) is 3.94. The van der Waals surface area contributed by atoms with Crippen LogP contribution in [0.15, 0.2) is 21.5 Å². The third-order valence-electron chi connectivity index (χ3n) is 2.62. The molecule has 0 amide bonds. The van der Waals surface area contributed by atoms with E-state index in [1.165, 1.54) is 19.4 Å². The van der Waals surface area contributed by atoms with E-state index in [0.717, 1.165) is 4.68 Å². The number of hydrogen-bond donors (Lipinski definition) is 0. The van der Waals surface area contributed by atoms with E-state index >= 15 is 0 Å². The number of hydrogen-bond acceptors (Lipinski definition) is 5. The van der Waals surface area contributed by atoms with Crippen molar-refractivity contribution in [3.63, 3.8) is 0 Å². The standard InChI is InChI=1S/C12H10Cl2N2O4/c1-6-8(12(18)19-2)3-7(20-6)5-16-11(17)10(14)9(13)4-15-16/h3-4H,5H2,1-2H3. The zero-order valence-corrected chi connectivity index (χ0v) is 12.2. The summed E-state index contributed by atoms with van der Waals surface area (Å²) in [6.45, 7) is 1.66. The van der Waals surface area contributed by atoms with Crippen molar-refractivity contribution in [1.29, 1.82) is 0 Å². The van der Waals surface area contributed by atoms with Crippen molar-refractivity contribution in [2.45, 2.75) is 13.5 Å². The molecule has 0 atom stereocenters. The number of methoxy groups -OCH3 is 1. The Morgan fingerprint density at radius 2 is 2.20 bits per heavy atom. The van der Waals surface area contributed by atoms with Crippen LogP contribution in [0, 0.1) is 6.92 Å². The monoisotopic (exact) mass is 316 g/mol. The van der Waals surface area contributed by atoms with Crippen molar-refractivity contribution in [2.24, 2.45) is 0 Å². The third-order valence-corrected chi connectivity index (χ3v) is 3.37. The molecule has 0 saturated carbocycles. The number of carbonyl (C=O) groups is 1. The predicted octanol–water partition coefficient (Wildman–Crippen LogP) is 2.29. The number of rotatable bonds is 3. The maximum Gasteiger partial charge on any atom is 0.341 e. The second-order valence-corrected chi connectivity index (χ2v) is 4.73. The van der Waals surface area contributed by atoms with Crippen LogP contribution in [0.1, 0.15) is 21.9 Å². The topological polar surface area (TPSA) is 74.3 Å². The van der Waals surface area contributed by atoms with Gasteiger partial charge in [-0.3, -0.25) is 4.79 Å². The molecular formula is C12H10Cl2N2O4. The molecule has 0 N–H and O–H groups in total. The molecule has 106 valence electrons. The second kappa shape index (κ2) is 5.68. The quantitative estimate of drug-likeness (QED) is 0.812. The summed E-state index contributed by atoms with van der Waals surface area (Å²) in [7, 11) is 1.28. The van der Waals surface area contributed by atoms with Gasteiger partial charge in [-0.1, -0.05) is 23.2 Å². The summed E-state index contributed by atoms with van der Waals surface area (Å²) in [6.07, 6.45) is 1.27. The van der Waals surface area contributed by atoms with Gasteiger partial charge in [-0.05, 0) is 13.0 Å². The molecule has 0 saturated heterocycles. The predicted molar refractivity (Wildman–Crippen MR) is 72.4 cm³/mol. The van der Waals surface area contributed by atoms with Gasteiger partial charge in [0, 0.05) is 0 Å². The van der Waals surface area contributed by atoms with E-state index in [1.807, 2.05) is 0 Å². The highest BCUT2D eigenvalue weighted by Crippen LogP contribution is 2.18. The van der Waals surface area contributed by atoms with Gasteiger partial charge in [0.25, 0.3) is 5.56 Å². The summed E-state index contributed by atoms with van der Waals surface area (Å²) in [4.78, 5) is 23.3. The van der Waals surface area contributed by atoms with Crippen molar-refractivity contribution >= 4 is 29.2 Å². The molecule has 0 unspecified atom stereocenters. The molecule has 0 aromatic carbocycles. The first kappa shape index (κ1) is 14.6. The number of carbonyl (C=O) groups excluding carboxylic acids is 1. The molecule has 0 aliphatic heterocycles. The van der Waals surface area contributed by atoms with Gasteiger partial charge in [-0.2, -0.15) is 5.10 Å². The first-order valence-electron chi connectivity index (χ1n) is 5.52. The van der Waals surface area contributed by atoms with E-state index in [4.69, 9.17) is 27.6 Å². The van der Waals surface area contributed by atoms with Crippen molar-refractivity contribution in [1.82, 2.24) is 9.78 Å². The zero-order valence-electron chi connectivity index (χ0n) is 10.6. The van der Waals surface area contributed by atoms with Gasteiger partial charge in [0.15, 0.2) is 0 Å². The van der Waals surface area contributed by atoms with Gasteiger partial charge < -0.3 is 9.15 Å². The van der Waals surface area contributed by atoms with E-state index < -0.39 is 11.5 Å². The molecular weight excluding hydrogens is 307 g/mol. The van der Waals surface area contributed by atoms with Crippen LogP contribution < -0.4 is 5.56 Å². The van der Waals surface area contributed by atoms with Crippen LogP contribution in [0.25, 0.3) is 0 Å². The lowest BCUT2D eigenvalue weighted by molar-refractivity contribution is 0.0599. The highest BCUT2D eigenvalue weighted by Gasteiger charge is 2.16. The third kappa shape index (κ3) is 2.71. The average Bonchev–Trinajstić information content (AvgIpc) is 2.79. The number of aromatic nitrogens is 2. The molecule has 0 bridgehead atoms. The molecule has 0 aliphatic rings. The zero-order chi connectivity index (χ0) is 14.9. The van der Waals surface area contributed by atoms with E-state index in [9.17, 15) is 9.59 Å². The lowest BCUT2D eigenvalue weighted by Crippen LogP contribution is -2.23. The van der Waals surface area contributed by atoms with Crippen molar-refractivity contribution in [3.05, 3.63) is 49.7 Å². The molecule has 6 nitrogen and oxygen atoms in total. The van der Waals surface area contributed by atoms with Crippen LogP contribution >= 0.6 is 23.2 Å². The molecule has 2 aromatic heterocycles. The molecule has 8 heteroatoms. The van der Waals surface area contributed by atoms with Gasteiger partial charge in [0.1, 0.15) is 28.7 Å². The summed E-state index contributed by atoms with van der Waals surface area (Å²) in [6, 6.07) is 1.50. The number of halogens is 2. The normalized spacial score (nSPS) is 10.6. The minimum Gasteiger partial charge on any atom is -0.465 e. The molecule has 2 heterocycles. The van der Waals surface area contributed by atoms with Gasteiger partial charge in [0.05, 0.1) is 18.3 Å². The van der Waals surface area contributed by atoms with Gasteiger partial charge >= 0.3 is 5.97 Å². The van der Waals surface area contributed by atoms with Gasteiger partial charge in [0.2, 0.25) is 0 Å². The molecule has 0 fully saturated rings. The summed E-state index contributed by atoms with van der Waals surface area (Å²) < 4.78 is 11.1. The number of aryl methyl sites for hydroxylation is 1. The lowest BCUT2D eigenvalue weighted by atomic mass is 10.2. The fraction of sp³-hybridized carbons (Fsp3) is 0.250. The number of furan rings is 1. The Morgan fingerprint density at radius 1 is 1.50 bits per heavy atom.